The number of halogens is 1. The van der Waals surface area contributed by atoms with Crippen molar-refractivity contribution in [1.82, 2.24) is 39.8 Å². The summed E-state index contributed by atoms with van der Waals surface area (Å²) >= 11 is 0. The highest BCUT2D eigenvalue weighted by Gasteiger charge is 2.15. The van der Waals surface area contributed by atoms with Gasteiger partial charge in [-0.25, -0.2) is 4.79 Å². The zero-order chi connectivity index (χ0) is 38.7. The van der Waals surface area contributed by atoms with Crippen molar-refractivity contribution in [1.29, 1.82) is 0 Å². The molecule has 2 aromatic carbocycles. The second-order valence-electron chi connectivity index (χ2n) is 13.6. The van der Waals surface area contributed by atoms with Crippen LogP contribution in [-0.4, -0.2) is 56.7 Å². The maximum atomic E-state index is 12.5. The Morgan fingerprint density at radius 3 is 1.52 bits per heavy atom. The van der Waals surface area contributed by atoms with Crippen LogP contribution < -0.4 is 5.73 Å². The normalized spacial score (nSPS) is 10.7. The first kappa shape index (κ1) is 42.9. The lowest BCUT2D eigenvalue weighted by Gasteiger charge is -2.03. The molecule has 0 aliphatic heterocycles. The molecule has 0 atom stereocenters. The van der Waals surface area contributed by atoms with E-state index in [0.717, 1.165) is 46.5 Å². The van der Waals surface area contributed by atoms with Gasteiger partial charge in [-0.15, -0.1) is 12.4 Å². The molecule has 0 aliphatic carbocycles. The molecule has 6 rings (SSSR count). The zero-order valence-corrected chi connectivity index (χ0v) is 32.9. The maximum Gasteiger partial charge on any atom is 0.354 e. The first-order valence-corrected chi connectivity index (χ1v) is 17.5. The lowest BCUT2D eigenvalue weighted by molar-refractivity contribution is 0.0684. The quantitative estimate of drug-likeness (QED) is 0.121. The number of benzene rings is 2. The van der Waals surface area contributed by atoms with E-state index in [0.29, 0.717) is 60.3 Å². The maximum absolute atomic E-state index is 12.5. The number of nitrogens with two attached hydrogens (primary N) is 1. The van der Waals surface area contributed by atoms with Crippen LogP contribution in [0.1, 0.15) is 89.4 Å². The fourth-order valence-corrected chi connectivity index (χ4v) is 5.38. The Labute approximate surface area is 321 Å². The molecule has 6 aromatic rings. The summed E-state index contributed by atoms with van der Waals surface area (Å²) in [5, 5.41) is 25.0. The van der Waals surface area contributed by atoms with Gasteiger partial charge in [0.1, 0.15) is 11.4 Å². The third-order valence-corrected chi connectivity index (χ3v) is 7.96. The molecular weight excluding hydrogens is 710 g/mol. The van der Waals surface area contributed by atoms with Gasteiger partial charge in [0.05, 0.1) is 11.4 Å². The van der Waals surface area contributed by atoms with Crippen LogP contribution in [0.3, 0.4) is 0 Å². The van der Waals surface area contributed by atoms with Crippen LogP contribution >= 0.6 is 12.4 Å². The Hall–Kier alpha value is -5.47. The monoisotopic (exact) mass is 759 g/mol. The topological polar surface area (TPSA) is 194 Å². The van der Waals surface area contributed by atoms with E-state index in [9.17, 15) is 9.59 Å². The molecule has 0 saturated carbocycles. The van der Waals surface area contributed by atoms with Gasteiger partial charge in [-0.1, -0.05) is 86.5 Å². The number of aryl methyl sites for hydroxylation is 5. The summed E-state index contributed by atoms with van der Waals surface area (Å²) in [6.45, 7) is 12.5. The molecule has 14 nitrogen and oxygen atoms in total. The average Bonchev–Trinajstić information content (AvgIpc) is 3.91. The van der Waals surface area contributed by atoms with E-state index in [-0.39, 0.29) is 23.9 Å². The Morgan fingerprint density at radius 2 is 1.15 bits per heavy atom. The number of aromatic carboxylic acids is 1. The summed E-state index contributed by atoms with van der Waals surface area (Å²) in [4.78, 5) is 31.5. The van der Waals surface area contributed by atoms with Crippen molar-refractivity contribution in [3.8, 4) is 22.8 Å². The molecule has 0 fully saturated rings. The third kappa shape index (κ3) is 12.6. The van der Waals surface area contributed by atoms with Crippen molar-refractivity contribution < 1.29 is 23.7 Å². The summed E-state index contributed by atoms with van der Waals surface area (Å²) in [5.41, 5.74) is 12.3. The second kappa shape index (κ2) is 20.1. The summed E-state index contributed by atoms with van der Waals surface area (Å²) in [6, 6.07) is 19.3. The van der Waals surface area contributed by atoms with Crippen molar-refractivity contribution in [2.45, 2.75) is 73.8 Å². The number of ketones is 1. The molecule has 0 amide bonds. The van der Waals surface area contributed by atoms with Crippen molar-refractivity contribution >= 4 is 24.2 Å². The van der Waals surface area contributed by atoms with Crippen LogP contribution in [0.5, 0.6) is 0 Å². The highest BCUT2D eigenvalue weighted by molar-refractivity contribution is 5.94. The highest BCUT2D eigenvalue weighted by atomic mass is 35.5. The smallest absolute Gasteiger partial charge is 0.354 e. The predicted molar refractivity (Wildman–Crippen MR) is 207 cm³/mol. The van der Waals surface area contributed by atoms with E-state index in [1.165, 1.54) is 4.68 Å². The summed E-state index contributed by atoms with van der Waals surface area (Å²) < 4.78 is 13.0. The number of aromatic nitrogens is 8. The molecule has 0 bridgehead atoms. The van der Waals surface area contributed by atoms with Crippen molar-refractivity contribution in [2.24, 2.45) is 31.7 Å². The summed E-state index contributed by atoms with van der Waals surface area (Å²) in [6.07, 6.45) is 2.86. The van der Waals surface area contributed by atoms with Crippen LogP contribution in [0.2, 0.25) is 0 Å². The molecule has 0 aliphatic rings. The lowest BCUT2D eigenvalue weighted by atomic mass is 10.0. The van der Waals surface area contributed by atoms with E-state index in [4.69, 9.17) is 19.9 Å². The molecule has 0 unspecified atom stereocenters. The van der Waals surface area contributed by atoms with Gasteiger partial charge in [-0.3, -0.25) is 14.2 Å². The number of nitrogens with zero attached hydrogens (tertiary/aromatic N) is 8. The van der Waals surface area contributed by atoms with Gasteiger partial charge in [-0.2, -0.15) is 20.2 Å². The minimum absolute atomic E-state index is 0. The Balaban J connectivity index is 0.000000237. The van der Waals surface area contributed by atoms with E-state index >= 15 is 0 Å². The lowest BCUT2D eigenvalue weighted by Crippen LogP contribution is -2.07. The molecule has 4 aromatic heterocycles. The second-order valence-corrected chi connectivity index (χ2v) is 13.6. The van der Waals surface area contributed by atoms with Gasteiger partial charge in [-0.05, 0) is 54.4 Å². The third-order valence-electron chi connectivity index (χ3n) is 7.96. The molecule has 288 valence electrons. The number of carboxylic acids is 1. The van der Waals surface area contributed by atoms with Crippen LogP contribution in [-0.2, 0) is 39.9 Å². The number of rotatable bonds is 12. The van der Waals surface area contributed by atoms with Crippen molar-refractivity contribution in [2.75, 3.05) is 0 Å². The van der Waals surface area contributed by atoms with E-state index < -0.39 is 5.97 Å². The van der Waals surface area contributed by atoms with E-state index in [1.54, 1.807) is 31.6 Å². The van der Waals surface area contributed by atoms with E-state index in [1.807, 2.05) is 61.6 Å². The first-order chi connectivity index (χ1) is 25.2. The van der Waals surface area contributed by atoms with Gasteiger partial charge in [0.25, 0.3) is 0 Å². The Bertz CT molecular complexity index is 2080. The van der Waals surface area contributed by atoms with Crippen LogP contribution in [0.4, 0.5) is 0 Å². The Morgan fingerprint density at radius 1 is 0.722 bits per heavy atom. The minimum Gasteiger partial charge on any atom is -0.477 e. The standard InChI is InChI=1S/C20H24N4O2.C10H11N3O.C9H14N2O2.ClH/c1-13(2)11-17-12-18(24(4)22-17)19(25)10-7-15-5-8-16(9-6-15)20-21-14(3)26-23-20;1-7-12-10(13-14-7)9-4-2-8(6-11)3-5-9;1-6(2)4-7-5-8(9(12)13)11(3)10-7;/h5-6,8-9,12-13H,7,10-11H2,1-4H3;2-5H,6,11H2,1H3;5-6H,4H2,1-3H3,(H,12,13);1H. The molecule has 54 heavy (non-hydrogen) atoms. The first-order valence-electron chi connectivity index (χ1n) is 17.5. The zero-order valence-electron chi connectivity index (χ0n) is 32.1. The highest BCUT2D eigenvalue weighted by Crippen LogP contribution is 2.19. The number of hydrogen-bond acceptors (Lipinski definition) is 11. The van der Waals surface area contributed by atoms with Gasteiger partial charge < -0.3 is 19.9 Å². The van der Waals surface area contributed by atoms with Gasteiger partial charge >= 0.3 is 5.97 Å². The predicted octanol–water partition coefficient (Wildman–Crippen LogP) is 7.03. The molecule has 0 saturated heterocycles. The molecular formula is C39H50ClN9O5. The number of Topliss-reactive ketones (excluding diaryl/α,β-unsaturated/α-hetero) is 1. The molecule has 0 radical (unpaired) electrons. The molecule has 15 heteroatoms. The average molecular weight is 760 g/mol. The van der Waals surface area contributed by atoms with Gasteiger partial charge in [0, 0.05) is 52.0 Å². The van der Waals surface area contributed by atoms with Crippen LogP contribution in [0.15, 0.2) is 69.7 Å². The minimum atomic E-state index is -0.926. The van der Waals surface area contributed by atoms with Crippen molar-refractivity contribution in [3.63, 3.8) is 0 Å². The van der Waals surface area contributed by atoms with Crippen molar-refractivity contribution in [3.05, 3.63) is 106 Å². The number of carbonyl (C=O) groups excluding carboxylic acids is 1. The summed E-state index contributed by atoms with van der Waals surface area (Å²) in [7, 11) is 3.48. The van der Waals surface area contributed by atoms with Gasteiger partial charge in [0.15, 0.2) is 5.78 Å². The SMILES string of the molecule is CC(C)Cc1cc(C(=O)O)n(C)n1.Cc1nc(-c2ccc(CCC(=O)c3cc(CC(C)C)nn3C)cc2)no1.Cc1nc(-c2ccc(CN)cc2)no1.Cl. The fraction of sp³-hybridized carbons (Fsp3) is 0.385. The van der Waals surface area contributed by atoms with Gasteiger partial charge in [0.2, 0.25) is 23.4 Å². The fourth-order valence-electron chi connectivity index (χ4n) is 5.38. The van der Waals surface area contributed by atoms with Crippen LogP contribution in [0.25, 0.3) is 22.8 Å². The molecule has 4 heterocycles. The largest absolute Gasteiger partial charge is 0.477 e. The van der Waals surface area contributed by atoms with E-state index in [2.05, 4.69) is 58.2 Å². The number of carboxylic acid groups (broad SMARTS) is 1. The Kier molecular flexibility index (Phi) is 16.0. The summed E-state index contributed by atoms with van der Waals surface area (Å²) in [5.74, 6) is 2.53. The van der Waals surface area contributed by atoms with Crippen LogP contribution in [0, 0.1) is 25.7 Å². The number of hydrogen-bond donors (Lipinski definition) is 2. The molecule has 3 N–H and O–H groups in total. The molecule has 0 spiro atoms. The number of carbonyl (C=O) groups is 2.